The predicted molar refractivity (Wildman–Crippen MR) is 110 cm³/mol. The normalized spacial score (nSPS) is 19.9. The molecule has 3 rings (SSSR count). The lowest BCUT2D eigenvalue weighted by Gasteiger charge is -2.32. The lowest BCUT2D eigenvalue weighted by Crippen LogP contribution is -2.41. The molecule has 1 fully saturated rings. The standard InChI is InChI=1S/C23H28BFO2/c1-17(18-9-7-6-8-10-18)15-20(19-11-13-21(25)14-12-19)16-24-26-22(2,3)23(4,5)27-24/h6-15,20H,16H2,1-5H3/b17-15+/t20-/m0/s1. The van der Waals surface area contributed by atoms with E-state index in [-0.39, 0.29) is 30.1 Å². The Morgan fingerprint density at radius 2 is 1.52 bits per heavy atom. The van der Waals surface area contributed by atoms with Crippen LogP contribution < -0.4 is 0 Å². The summed E-state index contributed by atoms with van der Waals surface area (Å²) < 4.78 is 25.8. The highest BCUT2D eigenvalue weighted by atomic mass is 19.1. The first-order chi connectivity index (χ1) is 12.7. The third kappa shape index (κ3) is 4.51. The maximum Gasteiger partial charge on any atom is 0.458 e. The van der Waals surface area contributed by atoms with Gasteiger partial charge in [0.25, 0.3) is 0 Å². The lowest BCUT2D eigenvalue weighted by molar-refractivity contribution is 0.00578. The third-order valence-corrected chi connectivity index (χ3v) is 5.73. The zero-order valence-corrected chi connectivity index (χ0v) is 16.8. The van der Waals surface area contributed by atoms with Crippen molar-refractivity contribution < 1.29 is 13.7 Å². The largest absolute Gasteiger partial charge is 0.458 e. The van der Waals surface area contributed by atoms with Crippen LogP contribution in [0.25, 0.3) is 5.57 Å². The summed E-state index contributed by atoms with van der Waals surface area (Å²) in [5.74, 6) is -0.155. The van der Waals surface area contributed by atoms with Gasteiger partial charge in [0, 0.05) is 5.92 Å². The molecule has 0 aromatic heterocycles. The smallest absolute Gasteiger partial charge is 0.403 e. The van der Waals surface area contributed by atoms with Gasteiger partial charge in [-0.1, -0.05) is 48.5 Å². The van der Waals surface area contributed by atoms with Crippen molar-refractivity contribution in [2.24, 2.45) is 0 Å². The number of hydrogen-bond donors (Lipinski definition) is 0. The van der Waals surface area contributed by atoms with Gasteiger partial charge in [-0.15, -0.1) is 0 Å². The molecule has 1 heterocycles. The summed E-state index contributed by atoms with van der Waals surface area (Å²) in [4.78, 5) is 0. The van der Waals surface area contributed by atoms with Crippen molar-refractivity contribution in [2.75, 3.05) is 0 Å². The lowest BCUT2D eigenvalue weighted by atomic mass is 9.74. The molecule has 0 aliphatic carbocycles. The molecule has 1 aliphatic rings. The molecule has 0 unspecified atom stereocenters. The first-order valence-corrected chi connectivity index (χ1v) is 9.53. The maximum atomic E-state index is 13.4. The first-order valence-electron chi connectivity index (χ1n) is 9.53. The van der Waals surface area contributed by atoms with Crippen molar-refractivity contribution in [1.29, 1.82) is 0 Å². The van der Waals surface area contributed by atoms with E-state index in [9.17, 15) is 4.39 Å². The predicted octanol–water partition coefficient (Wildman–Crippen LogP) is 6.11. The molecule has 1 atom stereocenters. The van der Waals surface area contributed by atoms with Crippen LogP contribution in [0.3, 0.4) is 0 Å². The molecule has 142 valence electrons. The molecule has 0 saturated carbocycles. The van der Waals surface area contributed by atoms with Crippen molar-refractivity contribution in [3.05, 3.63) is 77.6 Å². The molecule has 0 radical (unpaired) electrons. The summed E-state index contributed by atoms with van der Waals surface area (Å²) in [5.41, 5.74) is 2.70. The Hall–Kier alpha value is -1.91. The summed E-state index contributed by atoms with van der Waals surface area (Å²) in [5, 5.41) is 0. The van der Waals surface area contributed by atoms with E-state index >= 15 is 0 Å². The van der Waals surface area contributed by atoms with Gasteiger partial charge in [-0.3, -0.25) is 0 Å². The third-order valence-electron chi connectivity index (χ3n) is 5.73. The molecule has 0 bridgehead atoms. The van der Waals surface area contributed by atoms with E-state index in [2.05, 4.69) is 52.8 Å². The van der Waals surface area contributed by atoms with Crippen LogP contribution in [0.2, 0.25) is 6.32 Å². The highest BCUT2D eigenvalue weighted by Gasteiger charge is 2.51. The average Bonchev–Trinajstić information content (AvgIpc) is 2.82. The second-order valence-electron chi connectivity index (χ2n) is 8.30. The van der Waals surface area contributed by atoms with Crippen LogP contribution in [0.15, 0.2) is 60.7 Å². The average molecular weight is 366 g/mol. The Kier molecular flexibility index (Phi) is 5.59. The van der Waals surface area contributed by atoms with Crippen molar-refractivity contribution in [2.45, 2.75) is 58.1 Å². The van der Waals surface area contributed by atoms with Crippen LogP contribution in [0, 0.1) is 5.82 Å². The number of hydrogen-bond acceptors (Lipinski definition) is 2. The van der Waals surface area contributed by atoms with Crippen LogP contribution in [-0.2, 0) is 9.31 Å². The molecule has 27 heavy (non-hydrogen) atoms. The highest BCUT2D eigenvalue weighted by molar-refractivity contribution is 6.45. The molecule has 0 N–H and O–H groups in total. The van der Waals surface area contributed by atoms with Crippen LogP contribution in [-0.4, -0.2) is 18.3 Å². The number of halogens is 1. The van der Waals surface area contributed by atoms with E-state index in [4.69, 9.17) is 9.31 Å². The van der Waals surface area contributed by atoms with E-state index in [1.807, 2.05) is 30.3 Å². The topological polar surface area (TPSA) is 18.5 Å². The maximum absolute atomic E-state index is 13.4. The fourth-order valence-corrected chi connectivity index (χ4v) is 3.38. The molecule has 1 aliphatic heterocycles. The summed E-state index contributed by atoms with van der Waals surface area (Å²) in [6, 6.07) is 17.0. The van der Waals surface area contributed by atoms with Crippen molar-refractivity contribution in [1.82, 2.24) is 0 Å². The monoisotopic (exact) mass is 366 g/mol. The summed E-state index contributed by atoms with van der Waals surface area (Å²) in [6.07, 6.45) is 2.91. The Morgan fingerprint density at radius 3 is 2.07 bits per heavy atom. The molecule has 1 saturated heterocycles. The van der Waals surface area contributed by atoms with Gasteiger partial charge in [-0.2, -0.15) is 0 Å². The highest BCUT2D eigenvalue weighted by Crippen LogP contribution is 2.40. The van der Waals surface area contributed by atoms with Gasteiger partial charge in [-0.05, 0) is 69.8 Å². The van der Waals surface area contributed by atoms with E-state index < -0.39 is 0 Å². The Morgan fingerprint density at radius 1 is 0.963 bits per heavy atom. The molecule has 2 aromatic carbocycles. The van der Waals surface area contributed by atoms with Gasteiger partial charge in [0.1, 0.15) is 5.82 Å². The first kappa shape index (κ1) is 19.8. The van der Waals surface area contributed by atoms with Crippen molar-refractivity contribution >= 4 is 12.7 Å². The minimum absolute atomic E-state index is 0.0699. The Balaban J connectivity index is 1.88. The van der Waals surface area contributed by atoms with E-state index in [1.165, 1.54) is 23.3 Å². The van der Waals surface area contributed by atoms with E-state index in [0.29, 0.717) is 6.32 Å². The zero-order chi connectivity index (χ0) is 19.7. The van der Waals surface area contributed by atoms with Gasteiger partial charge < -0.3 is 9.31 Å². The number of allylic oxidation sites excluding steroid dienone is 2. The molecule has 4 heteroatoms. The number of benzene rings is 2. The molecule has 0 spiro atoms. The Labute approximate surface area is 162 Å². The summed E-state index contributed by atoms with van der Waals surface area (Å²) in [6.45, 7) is 10.3. The minimum atomic E-state index is -0.358. The molecular weight excluding hydrogens is 338 g/mol. The zero-order valence-electron chi connectivity index (χ0n) is 16.8. The summed E-state index contributed by atoms with van der Waals surface area (Å²) in [7, 11) is -0.301. The fourth-order valence-electron chi connectivity index (χ4n) is 3.38. The second-order valence-corrected chi connectivity index (χ2v) is 8.30. The molecule has 2 nitrogen and oxygen atoms in total. The molecular formula is C23H28BFO2. The minimum Gasteiger partial charge on any atom is -0.403 e. The van der Waals surface area contributed by atoms with Crippen molar-refractivity contribution in [3.63, 3.8) is 0 Å². The fraction of sp³-hybridized carbons (Fsp3) is 0.391. The van der Waals surface area contributed by atoms with Gasteiger partial charge in [0.2, 0.25) is 0 Å². The second kappa shape index (κ2) is 7.61. The van der Waals surface area contributed by atoms with Crippen molar-refractivity contribution in [3.8, 4) is 0 Å². The van der Waals surface area contributed by atoms with Gasteiger partial charge in [0.05, 0.1) is 11.2 Å². The summed E-state index contributed by atoms with van der Waals surface area (Å²) >= 11 is 0. The van der Waals surface area contributed by atoms with Crippen LogP contribution in [0.4, 0.5) is 4.39 Å². The van der Waals surface area contributed by atoms with Gasteiger partial charge >= 0.3 is 7.12 Å². The van der Waals surface area contributed by atoms with E-state index in [1.54, 1.807) is 0 Å². The van der Waals surface area contributed by atoms with Crippen LogP contribution in [0.1, 0.15) is 51.7 Å². The Bertz CT molecular complexity index is 781. The van der Waals surface area contributed by atoms with Gasteiger partial charge in [-0.25, -0.2) is 4.39 Å². The van der Waals surface area contributed by atoms with Gasteiger partial charge in [0.15, 0.2) is 0 Å². The van der Waals surface area contributed by atoms with Crippen LogP contribution in [0.5, 0.6) is 0 Å². The quantitative estimate of drug-likeness (QED) is 0.595. The van der Waals surface area contributed by atoms with Crippen LogP contribution >= 0.6 is 0 Å². The SMILES string of the molecule is C/C(=C\[C@@H](CB1OC(C)(C)C(C)(C)O1)c1ccc(F)cc1)c1ccccc1. The molecule has 2 aromatic rings. The van der Waals surface area contributed by atoms with E-state index in [0.717, 1.165) is 5.56 Å². The number of rotatable bonds is 5. The molecule has 0 amide bonds.